The topological polar surface area (TPSA) is 36.4 Å². The Hall–Kier alpha value is -1.37. The smallest absolute Gasteiger partial charge is 0.255 e. The first-order chi connectivity index (χ1) is 12.9. The Morgan fingerprint density at radius 3 is 2.52 bits per heavy atom. The van der Waals surface area contributed by atoms with Gasteiger partial charge in [-0.25, -0.2) is 4.98 Å². The highest BCUT2D eigenvalue weighted by molar-refractivity contribution is 7.99. The lowest BCUT2D eigenvalue weighted by molar-refractivity contribution is 0.0625. The number of carbonyl (C=O) groups excluding carboxylic acids is 1. The summed E-state index contributed by atoms with van der Waals surface area (Å²) in [5, 5.41) is 3.35. The number of rotatable bonds is 5. The fourth-order valence-electron chi connectivity index (χ4n) is 3.12. The van der Waals surface area contributed by atoms with Crippen LogP contribution in [-0.4, -0.2) is 52.6 Å². The van der Waals surface area contributed by atoms with E-state index in [9.17, 15) is 4.79 Å². The third-order valence-electron chi connectivity index (χ3n) is 4.76. The summed E-state index contributed by atoms with van der Waals surface area (Å²) < 4.78 is 0. The van der Waals surface area contributed by atoms with E-state index in [2.05, 4.69) is 38.0 Å². The zero-order valence-electron chi connectivity index (χ0n) is 16.7. The zero-order valence-corrected chi connectivity index (χ0v) is 18.3. The molecule has 4 nitrogen and oxygen atoms in total. The molecule has 0 saturated carbocycles. The van der Waals surface area contributed by atoms with Gasteiger partial charge in [0.1, 0.15) is 5.01 Å². The molecule has 1 aliphatic heterocycles. The van der Waals surface area contributed by atoms with Crippen LogP contribution in [0, 0.1) is 0 Å². The molecule has 6 heteroatoms. The summed E-state index contributed by atoms with van der Waals surface area (Å²) in [4.78, 5) is 23.2. The van der Waals surface area contributed by atoms with Gasteiger partial charge >= 0.3 is 0 Å². The average Bonchev–Trinajstić information content (AvgIpc) is 3.12. The number of carbonyl (C=O) groups is 1. The summed E-state index contributed by atoms with van der Waals surface area (Å²) in [5.41, 5.74) is 2.11. The van der Waals surface area contributed by atoms with Crippen molar-refractivity contribution in [3.63, 3.8) is 0 Å². The number of thioether (sulfide) groups is 1. The number of hydrogen-bond donors (Lipinski definition) is 0. The number of hydrogen-bond acceptors (Lipinski definition) is 5. The number of benzene rings is 1. The summed E-state index contributed by atoms with van der Waals surface area (Å²) >= 11 is 3.48. The highest BCUT2D eigenvalue weighted by Gasteiger charge is 2.25. The van der Waals surface area contributed by atoms with Crippen LogP contribution in [0.15, 0.2) is 34.5 Å². The molecule has 2 aromatic rings. The molecule has 1 fully saturated rings. The van der Waals surface area contributed by atoms with Crippen molar-refractivity contribution in [2.75, 3.05) is 31.9 Å². The van der Waals surface area contributed by atoms with Gasteiger partial charge in [-0.3, -0.25) is 9.69 Å². The van der Waals surface area contributed by atoms with Crippen LogP contribution in [0.5, 0.6) is 0 Å². The van der Waals surface area contributed by atoms with E-state index >= 15 is 0 Å². The minimum atomic E-state index is 0.101. The van der Waals surface area contributed by atoms with E-state index in [0.29, 0.717) is 0 Å². The fraction of sp³-hybridized carbons (Fsp3) is 0.524. The summed E-state index contributed by atoms with van der Waals surface area (Å²) in [6.07, 6.45) is 0. The van der Waals surface area contributed by atoms with Crippen molar-refractivity contribution in [2.24, 2.45) is 0 Å². The maximum atomic E-state index is 13.0. The van der Waals surface area contributed by atoms with Gasteiger partial charge in [0.05, 0.1) is 17.8 Å². The minimum absolute atomic E-state index is 0.101. The highest BCUT2D eigenvalue weighted by atomic mass is 32.2. The van der Waals surface area contributed by atoms with Crippen LogP contribution in [0.25, 0.3) is 0 Å². The summed E-state index contributed by atoms with van der Waals surface area (Å²) in [5.74, 6) is 1.14. The quantitative estimate of drug-likeness (QED) is 0.688. The summed E-state index contributed by atoms with van der Waals surface area (Å²) in [7, 11) is 0. The molecule has 1 aliphatic rings. The SMILES string of the molecule is CCSc1ccccc1C(=O)N1CCN(Cc2nc(C(C)(C)C)cs2)CC1. The fourth-order valence-corrected chi connectivity index (χ4v) is 4.98. The van der Waals surface area contributed by atoms with Crippen molar-refractivity contribution in [3.05, 3.63) is 45.9 Å². The predicted octanol–water partition coefficient (Wildman–Crippen LogP) is 4.51. The number of piperazine rings is 1. The van der Waals surface area contributed by atoms with E-state index in [-0.39, 0.29) is 11.3 Å². The Kier molecular flexibility index (Phi) is 6.61. The average molecular weight is 404 g/mol. The van der Waals surface area contributed by atoms with Gasteiger partial charge in [0.2, 0.25) is 0 Å². The number of thiazole rings is 1. The summed E-state index contributed by atoms with van der Waals surface area (Å²) in [6, 6.07) is 7.97. The lowest BCUT2D eigenvalue weighted by Gasteiger charge is -2.34. The third kappa shape index (κ3) is 5.12. The maximum absolute atomic E-state index is 13.0. The van der Waals surface area contributed by atoms with Gasteiger partial charge in [0.15, 0.2) is 0 Å². The van der Waals surface area contributed by atoms with Crippen LogP contribution < -0.4 is 0 Å². The van der Waals surface area contributed by atoms with Crippen LogP contribution in [0.1, 0.15) is 48.8 Å². The van der Waals surface area contributed by atoms with Gasteiger partial charge in [-0.05, 0) is 17.9 Å². The van der Waals surface area contributed by atoms with Gasteiger partial charge in [-0.15, -0.1) is 23.1 Å². The Balaban J connectivity index is 1.57. The molecule has 1 amide bonds. The Bertz CT molecular complexity index is 774. The Morgan fingerprint density at radius 2 is 1.89 bits per heavy atom. The van der Waals surface area contributed by atoms with Crippen LogP contribution in [0.2, 0.25) is 0 Å². The van der Waals surface area contributed by atoms with E-state index in [1.807, 2.05) is 29.2 Å². The first-order valence-electron chi connectivity index (χ1n) is 9.57. The van der Waals surface area contributed by atoms with E-state index in [0.717, 1.165) is 48.9 Å². The molecular formula is C21H29N3OS2. The van der Waals surface area contributed by atoms with Gasteiger partial charge in [-0.1, -0.05) is 39.8 Å². The molecule has 1 saturated heterocycles. The Morgan fingerprint density at radius 1 is 1.19 bits per heavy atom. The molecule has 0 N–H and O–H groups in total. The molecule has 0 unspecified atom stereocenters. The molecule has 0 spiro atoms. The van der Waals surface area contributed by atoms with E-state index in [1.165, 1.54) is 10.7 Å². The lowest BCUT2D eigenvalue weighted by Crippen LogP contribution is -2.48. The van der Waals surface area contributed by atoms with Crippen molar-refractivity contribution in [1.82, 2.24) is 14.8 Å². The molecule has 1 aromatic heterocycles. The molecule has 146 valence electrons. The molecular weight excluding hydrogens is 374 g/mol. The minimum Gasteiger partial charge on any atom is -0.336 e. The first kappa shape index (κ1) is 20.4. The summed E-state index contributed by atoms with van der Waals surface area (Å²) in [6.45, 7) is 13.0. The monoisotopic (exact) mass is 403 g/mol. The largest absolute Gasteiger partial charge is 0.336 e. The van der Waals surface area contributed by atoms with Gasteiger partial charge < -0.3 is 4.90 Å². The molecule has 27 heavy (non-hydrogen) atoms. The Labute approximate surface area is 171 Å². The van der Waals surface area contributed by atoms with E-state index in [4.69, 9.17) is 4.98 Å². The third-order valence-corrected chi connectivity index (χ3v) is 6.55. The van der Waals surface area contributed by atoms with Crippen LogP contribution in [0.3, 0.4) is 0 Å². The first-order valence-corrected chi connectivity index (χ1v) is 11.4. The van der Waals surface area contributed by atoms with Gasteiger partial charge in [-0.2, -0.15) is 0 Å². The number of nitrogens with zero attached hydrogens (tertiary/aromatic N) is 3. The second-order valence-electron chi connectivity index (χ2n) is 7.87. The van der Waals surface area contributed by atoms with Crippen LogP contribution in [0.4, 0.5) is 0 Å². The maximum Gasteiger partial charge on any atom is 0.255 e. The van der Waals surface area contributed by atoms with E-state index < -0.39 is 0 Å². The van der Waals surface area contributed by atoms with Crippen molar-refractivity contribution >= 4 is 29.0 Å². The second-order valence-corrected chi connectivity index (χ2v) is 10.1. The van der Waals surface area contributed by atoms with Crippen LogP contribution in [-0.2, 0) is 12.0 Å². The van der Waals surface area contributed by atoms with Gasteiger partial charge in [0, 0.05) is 41.9 Å². The number of amides is 1. The van der Waals surface area contributed by atoms with Crippen molar-refractivity contribution < 1.29 is 4.79 Å². The molecule has 0 aliphatic carbocycles. The molecule has 3 rings (SSSR count). The molecule has 0 bridgehead atoms. The van der Waals surface area contributed by atoms with Gasteiger partial charge in [0.25, 0.3) is 5.91 Å². The number of aromatic nitrogens is 1. The second kappa shape index (κ2) is 8.76. The molecule has 0 radical (unpaired) electrons. The lowest BCUT2D eigenvalue weighted by atomic mass is 9.93. The highest BCUT2D eigenvalue weighted by Crippen LogP contribution is 2.26. The van der Waals surface area contributed by atoms with Crippen LogP contribution >= 0.6 is 23.1 Å². The molecule has 1 aromatic carbocycles. The van der Waals surface area contributed by atoms with Crippen molar-refractivity contribution in [3.8, 4) is 0 Å². The predicted molar refractivity (Wildman–Crippen MR) is 115 cm³/mol. The van der Waals surface area contributed by atoms with Crippen molar-refractivity contribution in [1.29, 1.82) is 0 Å². The van der Waals surface area contributed by atoms with Crippen molar-refractivity contribution in [2.45, 2.75) is 44.6 Å². The zero-order chi connectivity index (χ0) is 19.4. The normalized spacial score (nSPS) is 15.9. The standard InChI is InChI=1S/C21H29N3OS2/c1-5-26-17-9-7-6-8-16(17)20(25)24-12-10-23(11-13-24)14-19-22-18(15-27-19)21(2,3)4/h6-9,15H,5,10-14H2,1-4H3. The molecule has 0 atom stereocenters. The molecule has 2 heterocycles. The van der Waals surface area contributed by atoms with E-state index in [1.54, 1.807) is 23.1 Å².